The van der Waals surface area contributed by atoms with Gasteiger partial charge in [-0.3, -0.25) is 0 Å². The molecule has 5 nitrogen and oxygen atoms in total. The van der Waals surface area contributed by atoms with Crippen molar-refractivity contribution in [2.45, 2.75) is 52.8 Å². The fraction of sp³-hybridized carbons (Fsp3) is 0.722. The first-order valence-corrected chi connectivity index (χ1v) is 8.50. The molecule has 1 N–H and O–H groups in total. The van der Waals surface area contributed by atoms with E-state index in [0.717, 1.165) is 19.6 Å². The number of carbonyl (C=O) groups is 1. The Morgan fingerprint density at radius 2 is 1.91 bits per heavy atom. The molecule has 0 aromatic carbocycles. The van der Waals surface area contributed by atoms with Crippen LogP contribution in [0, 0.1) is 25.7 Å². The van der Waals surface area contributed by atoms with Crippen molar-refractivity contribution in [3.8, 4) is 0 Å². The van der Waals surface area contributed by atoms with Crippen LogP contribution in [-0.4, -0.2) is 40.3 Å². The van der Waals surface area contributed by atoms with Crippen LogP contribution >= 0.6 is 0 Å². The number of aryl methyl sites for hydroxylation is 1. The number of carbonyl (C=O) groups excluding carboxylic acids is 1. The summed E-state index contributed by atoms with van der Waals surface area (Å²) < 4.78 is 7.68. The lowest BCUT2D eigenvalue weighted by Crippen LogP contribution is -2.39. The van der Waals surface area contributed by atoms with Crippen molar-refractivity contribution in [1.82, 2.24) is 14.8 Å². The van der Waals surface area contributed by atoms with Gasteiger partial charge in [-0.1, -0.05) is 0 Å². The average Bonchev–Trinajstić information content (AvgIpc) is 2.78. The smallest absolute Gasteiger partial charge is 0.410 e. The molecule has 1 aromatic rings. The van der Waals surface area contributed by atoms with Crippen LogP contribution in [0.5, 0.6) is 0 Å². The van der Waals surface area contributed by atoms with Gasteiger partial charge in [-0.2, -0.15) is 0 Å². The normalized spacial score (nSPS) is 26.3. The van der Waals surface area contributed by atoms with Crippen LogP contribution < -0.4 is 5.32 Å². The van der Waals surface area contributed by atoms with Crippen LogP contribution in [-0.2, 0) is 18.3 Å². The third-order valence-electron chi connectivity index (χ3n) is 5.25. The van der Waals surface area contributed by atoms with Gasteiger partial charge in [-0.25, -0.2) is 4.79 Å². The van der Waals surface area contributed by atoms with E-state index in [0.29, 0.717) is 17.9 Å². The van der Waals surface area contributed by atoms with Crippen LogP contribution in [0.25, 0.3) is 0 Å². The first-order valence-electron chi connectivity index (χ1n) is 8.50. The molecule has 2 heterocycles. The second kappa shape index (κ2) is 5.55. The summed E-state index contributed by atoms with van der Waals surface area (Å²) in [5.74, 6) is 1.18. The lowest BCUT2D eigenvalue weighted by Gasteiger charge is -2.26. The van der Waals surface area contributed by atoms with E-state index in [1.807, 2.05) is 25.7 Å². The molecule has 0 bridgehead atoms. The maximum atomic E-state index is 12.1. The molecule has 128 valence electrons. The molecule has 3 rings (SSSR count). The lowest BCUT2D eigenvalue weighted by molar-refractivity contribution is 0.0269. The highest BCUT2D eigenvalue weighted by Gasteiger charge is 2.56. The Kier molecular flexibility index (Phi) is 3.95. The molecule has 2 aliphatic rings. The molecular formula is C18H29N3O2. The van der Waals surface area contributed by atoms with Gasteiger partial charge in [0.15, 0.2) is 0 Å². The number of rotatable bonds is 3. The predicted molar refractivity (Wildman–Crippen MR) is 90.3 cm³/mol. The second-order valence-corrected chi connectivity index (χ2v) is 8.08. The van der Waals surface area contributed by atoms with Gasteiger partial charge < -0.3 is 19.5 Å². The fourth-order valence-corrected chi connectivity index (χ4v) is 3.64. The summed E-state index contributed by atoms with van der Waals surface area (Å²) in [4.78, 5) is 13.9. The molecule has 2 atom stereocenters. The van der Waals surface area contributed by atoms with E-state index in [4.69, 9.17) is 4.74 Å². The van der Waals surface area contributed by atoms with Gasteiger partial charge in [0.25, 0.3) is 0 Å². The average molecular weight is 319 g/mol. The summed E-state index contributed by atoms with van der Waals surface area (Å²) >= 11 is 0. The standard InChI is InChI=1S/C18H29N3O2/c1-11-7-13(12(2)20(11)6)8-19-16-14-9-21(10-15(14)16)17(22)23-18(3,4)5/h7,14-16,19H,8-10H2,1-6H3. The van der Waals surface area contributed by atoms with E-state index in [9.17, 15) is 4.79 Å². The summed E-state index contributed by atoms with van der Waals surface area (Å²) in [6.07, 6.45) is -0.169. The Labute approximate surface area is 139 Å². The van der Waals surface area contributed by atoms with Crippen LogP contribution in [0.3, 0.4) is 0 Å². The number of fused-ring (bicyclic) bond motifs is 1. The number of aromatic nitrogens is 1. The van der Waals surface area contributed by atoms with E-state index >= 15 is 0 Å². The van der Waals surface area contributed by atoms with Crippen LogP contribution in [0.2, 0.25) is 0 Å². The topological polar surface area (TPSA) is 46.5 Å². The van der Waals surface area contributed by atoms with Crippen molar-refractivity contribution in [1.29, 1.82) is 0 Å². The molecule has 1 aliphatic heterocycles. The molecule has 1 saturated carbocycles. The van der Waals surface area contributed by atoms with Crippen molar-refractivity contribution in [2.75, 3.05) is 13.1 Å². The third kappa shape index (κ3) is 3.25. The Bertz CT molecular complexity index is 603. The summed E-state index contributed by atoms with van der Waals surface area (Å²) in [6, 6.07) is 2.81. The van der Waals surface area contributed by atoms with E-state index in [1.165, 1.54) is 17.0 Å². The lowest BCUT2D eigenvalue weighted by atomic mass is 10.2. The zero-order valence-corrected chi connectivity index (χ0v) is 15.1. The first kappa shape index (κ1) is 16.4. The Balaban J connectivity index is 1.47. The second-order valence-electron chi connectivity index (χ2n) is 8.08. The van der Waals surface area contributed by atoms with Crippen LogP contribution in [0.1, 0.15) is 37.7 Å². The van der Waals surface area contributed by atoms with E-state index in [1.54, 1.807) is 0 Å². The maximum Gasteiger partial charge on any atom is 0.410 e. The number of piperidine rings is 1. The minimum atomic E-state index is -0.412. The van der Waals surface area contributed by atoms with Crippen molar-refractivity contribution in [3.63, 3.8) is 0 Å². The summed E-state index contributed by atoms with van der Waals surface area (Å²) in [5.41, 5.74) is 3.59. The summed E-state index contributed by atoms with van der Waals surface area (Å²) in [7, 11) is 2.11. The molecule has 0 radical (unpaired) electrons. The van der Waals surface area contributed by atoms with Gasteiger partial charge >= 0.3 is 6.09 Å². The number of nitrogens with one attached hydrogen (secondary N) is 1. The van der Waals surface area contributed by atoms with E-state index in [2.05, 4.69) is 36.8 Å². The molecule has 5 heteroatoms. The molecular weight excluding hydrogens is 290 g/mol. The zero-order valence-electron chi connectivity index (χ0n) is 15.1. The van der Waals surface area contributed by atoms with Gasteiger partial charge in [0.05, 0.1) is 0 Å². The molecule has 1 aromatic heterocycles. The van der Waals surface area contributed by atoms with Crippen molar-refractivity contribution in [3.05, 3.63) is 23.0 Å². The minimum absolute atomic E-state index is 0.169. The van der Waals surface area contributed by atoms with Gasteiger partial charge in [0.2, 0.25) is 0 Å². The third-order valence-corrected chi connectivity index (χ3v) is 5.25. The Hall–Kier alpha value is -1.49. The molecule has 2 unspecified atom stereocenters. The predicted octanol–water partition coefficient (Wildman–Crippen LogP) is 2.60. The van der Waals surface area contributed by atoms with Gasteiger partial charge in [-0.15, -0.1) is 0 Å². The van der Waals surface area contributed by atoms with Gasteiger partial charge in [-0.05, 0) is 58.1 Å². The molecule has 0 spiro atoms. The number of hydrogen-bond acceptors (Lipinski definition) is 3. The number of nitrogens with zero attached hydrogens (tertiary/aromatic N) is 2. The van der Waals surface area contributed by atoms with Crippen LogP contribution in [0.4, 0.5) is 4.79 Å². The highest BCUT2D eigenvalue weighted by molar-refractivity contribution is 5.69. The maximum absolute atomic E-state index is 12.1. The Morgan fingerprint density at radius 3 is 2.39 bits per heavy atom. The number of likely N-dealkylation sites (tertiary alicyclic amines) is 1. The van der Waals surface area contributed by atoms with Crippen molar-refractivity contribution in [2.24, 2.45) is 18.9 Å². The van der Waals surface area contributed by atoms with E-state index < -0.39 is 5.60 Å². The van der Waals surface area contributed by atoms with E-state index in [-0.39, 0.29) is 6.09 Å². The minimum Gasteiger partial charge on any atom is -0.444 e. The monoisotopic (exact) mass is 319 g/mol. The molecule has 1 aliphatic carbocycles. The first-order chi connectivity index (χ1) is 10.7. The largest absolute Gasteiger partial charge is 0.444 e. The number of hydrogen-bond donors (Lipinski definition) is 1. The Morgan fingerprint density at radius 1 is 1.30 bits per heavy atom. The highest BCUT2D eigenvalue weighted by Crippen LogP contribution is 2.46. The van der Waals surface area contributed by atoms with Crippen molar-refractivity contribution < 1.29 is 9.53 Å². The zero-order chi connectivity index (χ0) is 16.9. The number of amides is 1. The molecule has 1 saturated heterocycles. The molecule has 23 heavy (non-hydrogen) atoms. The number of ether oxygens (including phenoxy) is 1. The summed E-state index contributed by atoms with van der Waals surface area (Å²) in [6.45, 7) is 12.6. The van der Waals surface area contributed by atoms with Crippen LogP contribution in [0.15, 0.2) is 6.07 Å². The highest BCUT2D eigenvalue weighted by atomic mass is 16.6. The summed E-state index contributed by atoms with van der Waals surface area (Å²) in [5, 5.41) is 3.67. The quantitative estimate of drug-likeness (QED) is 0.931. The SMILES string of the molecule is Cc1cc(CNC2C3CN(C(=O)OC(C)(C)C)CC32)c(C)n1C. The van der Waals surface area contributed by atoms with Gasteiger partial charge in [0.1, 0.15) is 5.60 Å². The molecule has 2 fully saturated rings. The molecule has 1 amide bonds. The fourth-order valence-electron chi connectivity index (χ4n) is 3.64. The van der Waals surface area contributed by atoms with Gasteiger partial charge in [0, 0.05) is 44.1 Å². The van der Waals surface area contributed by atoms with Crippen molar-refractivity contribution >= 4 is 6.09 Å².